The lowest BCUT2D eigenvalue weighted by Gasteiger charge is -2.13. The molecule has 0 saturated carbocycles. The molecule has 0 radical (unpaired) electrons. The maximum atomic E-state index is 11.9. The Hall–Kier alpha value is -1.71. The van der Waals surface area contributed by atoms with Gasteiger partial charge >= 0.3 is 0 Å². The van der Waals surface area contributed by atoms with E-state index in [1.54, 1.807) is 32.4 Å². The second-order valence-corrected chi connectivity index (χ2v) is 3.88. The Labute approximate surface area is 102 Å². The molecule has 1 aromatic rings. The van der Waals surface area contributed by atoms with E-state index in [0.29, 0.717) is 17.1 Å². The van der Waals surface area contributed by atoms with Gasteiger partial charge in [0.25, 0.3) is 5.91 Å². The Balaban J connectivity index is 2.92. The van der Waals surface area contributed by atoms with Gasteiger partial charge in [-0.05, 0) is 25.5 Å². The molecular weight excluding hydrogens is 218 g/mol. The van der Waals surface area contributed by atoms with Crippen LogP contribution in [0.25, 0.3) is 0 Å². The van der Waals surface area contributed by atoms with Gasteiger partial charge in [0.2, 0.25) is 0 Å². The van der Waals surface area contributed by atoms with Crippen LogP contribution in [0, 0.1) is 0 Å². The third-order valence-corrected chi connectivity index (χ3v) is 2.60. The molecule has 94 valence electrons. The number of hydrogen-bond donors (Lipinski definition) is 1. The number of carbonyl (C=O) groups excluding carboxylic acids is 1. The highest BCUT2D eigenvalue weighted by Gasteiger charge is 2.11. The Morgan fingerprint density at radius 3 is 2.18 bits per heavy atom. The van der Waals surface area contributed by atoms with Crippen molar-refractivity contribution >= 4 is 5.91 Å². The van der Waals surface area contributed by atoms with Gasteiger partial charge in [0, 0.05) is 17.7 Å². The van der Waals surface area contributed by atoms with Crippen LogP contribution in [0.4, 0.5) is 0 Å². The summed E-state index contributed by atoms with van der Waals surface area (Å²) >= 11 is 0. The van der Waals surface area contributed by atoms with Crippen LogP contribution in [0.2, 0.25) is 0 Å². The molecule has 1 atom stereocenters. The normalized spacial score (nSPS) is 11.8. The van der Waals surface area contributed by atoms with E-state index < -0.39 is 0 Å². The van der Waals surface area contributed by atoms with E-state index in [2.05, 4.69) is 5.32 Å². The molecule has 0 bridgehead atoms. The zero-order valence-corrected chi connectivity index (χ0v) is 10.7. The Morgan fingerprint density at radius 1 is 1.24 bits per heavy atom. The van der Waals surface area contributed by atoms with Crippen LogP contribution in [0.5, 0.6) is 11.5 Å². The third-order valence-electron chi connectivity index (χ3n) is 2.60. The van der Waals surface area contributed by atoms with E-state index in [0.717, 1.165) is 6.42 Å². The number of rotatable bonds is 5. The van der Waals surface area contributed by atoms with Crippen molar-refractivity contribution in [2.24, 2.45) is 0 Å². The average molecular weight is 237 g/mol. The van der Waals surface area contributed by atoms with Crippen LogP contribution in [-0.4, -0.2) is 26.2 Å². The summed E-state index contributed by atoms with van der Waals surface area (Å²) in [6.45, 7) is 3.99. The van der Waals surface area contributed by atoms with E-state index in [1.807, 2.05) is 13.8 Å². The number of hydrogen-bond acceptors (Lipinski definition) is 3. The molecule has 4 nitrogen and oxygen atoms in total. The standard InChI is InChI=1S/C13H19NO3/c1-5-9(2)14-13(15)10-6-11(16-3)8-12(7-10)17-4/h6-9H,5H2,1-4H3,(H,14,15)/t9-/m1/s1. The summed E-state index contributed by atoms with van der Waals surface area (Å²) in [6.07, 6.45) is 0.896. The first kappa shape index (κ1) is 13.4. The number of nitrogens with one attached hydrogen (secondary N) is 1. The molecule has 0 aliphatic heterocycles. The van der Waals surface area contributed by atoms with Gasteiger partial charge in [-0.1, -0.05) is 6.92 Å². The monoisotopic (exact) mass is 237 g/mol. The van der Waals surface area contributed by atoms with E-state index in [9.17, 15) is 4.79 Å². The van der Waals surface area contributed by atoms with Crippen LogP contribution in [-0.2, 0) is 0 Å². The Bertz CT molecular complexity index is 368. The van der Waals surface area contributed by atoms with Gasteiger partial charge in [-0.3, -0.25) is 4.79 Å². The first-order chi connectivity index (χ1) is 8.10. The van der Waals surface area contributed by atoms with E-state index in [4.69, 9.17) is 9.47 Å². The van der Waals surface area contributed by atoms with Gasteiger partial charge in [-0.25, -0.2) is 0 Å². The van der Waals surface area contributed by atoms with Crippen molar-refractivity contribution in [1.82, 2.24) is 5.32 Å². The molecule has 17 heavy (non-hydrogen) atoms. The smallest absolute Gasteiger partial charge is 0.251 e. The van der Waals surface area contributed by atoms with Crippen molar-refractivity contribution in [2.45, 2.75) is 26.3 Å². The zero-order valence-electron chi connectivity index (χ0n) is 10.7. The van der Waals surface area contributed by atoms with Crippen molar-refractivity contribution in [3.05, 3.63) is 23.8 Å². The molecule has 1 N–H and O–H groups in total. The molecule has 0 unspecified atom stereocenters. The summed E-state index contributed by atoms with van der Waals surface area (Å²) in [7, 11) is 3.12. The zero-order chi connectivity index (χ0) is 12.8. The SMILES string of the molecule is CC[C@@H](C)NC(=O)c1cc(OC)cc(OC)c1. The average Bonchev–Trinajstić information content (AvgIpc) is 2.37. The van der Waals surface area contributed by atoms with E-state index in [1.165, 1.54) is 0 Å². The second kappa shape index (κ2) is 6.13. The maximum absolute atomic E-state index is 11.9. The third kappa shape index (κ3) is 3.66. The van der Waals surface area contributed by atoms with Crippen molar-refractivity contribution < 1.29 is 14.3 Å². The lowest BCUT2D eigenvalue weighted by molar-refractivity contribution is 0.0938. The van der Waals surface area contributed by atoms with Gasteiger partial charge < -0.3 is 14.8 Å². The summed E-state index contributed by atoms with van der Waals surface area (Å²) in [6, 6.07) is 5.28. The van der Waals surface area contributed by atoms with E-state index in [-0.39, 0.29) is 11.9 Å². The fourth-order valence-electron chi connectivity index (χ4n) is 1.35. The number of carbonyl (C=O) groups is 1. The Kier molecular flexibility index (Phi) is 4.82. The van der Waals surface area contributed by atoms with Gasteiger partial charge in [-0.15, -0.1) is 0 Å². The van der Waals surface area contributed by atoms with Crippen molar-refractivity contribution in [2.75, 3.05) is 14.2 Å². The molecule has 0 fully saturated rings. The molecule has 4 heteroatoms. The van der Waals surface area contributed by atoms with Crippen LogP contribution in [0.15, 0.2) is 18.2 Å². The molecule has 1 amide bonds. The van der Waals surface area contributed by atoms with Crippen LogP contribution < -0.4 is 14.8 Å². The summed E-state index contributed by atoms with van der Waals surface area (Å²) < 4.78 is 10.2. The molecular formula is C13H19NO3. The lowest BCUT2D eigenvalue weighted by atomic mass is 10.1. The van der Waals surface area contributed by atoms with Gasteiger partial charge in [0.1, 0.15) is 11.5 Å². The first-order valence-corrected chi connectivity index (χ1v) is 5.64. The minimum absolute atomic E-state index is 0.114. The number of methoxy groups -OCH3 is 2. The molecule has 1 aromatic carbocycles. The number of ether oxygens (including phenoxy) is 2. The summed E-state index contributed by atoms with van der Waals surface area (Å²) in [5.74, 6) is 1.11. The predicted molar refractivity (Wildman–Crippen MR) is 66.8 cm³/mol. The quantitative estimate of drug-likeness (QED) is 0.854. The fraction of sp³-hybridized carbons (Fsp3) is 0.462. The lowest BCUT2D eigenvalue weighted by Crippen LogP contribution is -2.31. The van der Waals surface area contributed by atoms with Gasteiger partial charge in [0.15, 0.2) is 0 Å². The first-order valence-electron chi connectivity index (χ1n) is 5.64. The van der Waals surface area contributed by atoms with E-state index >= 15 is 0 Å². The fourth-order valence-corrected chi connectivity index (χ4v) is 1.35. The molecule has 1 rings (SSSR count). The minimum Gasteiger partial charge on any atom is -0.497 e. The number of amides is 1. The van der Waals surface area contributed by atoms with Crippen molar-refractivity contribution in [1.29, 1.82) is 0 Å². The highest BCUT2D eigenvalue weighted by Crippen LogP contribution is 2.22. The molecule has 0 aliphatic carbocycles. The molecule has 0 saturated heterocycles. The summed E-state index contributed by atoms with van der Waals surface area (Å²) in [4.78, 5) is 11.9. The highest BCUT2D eigenvalue weighted by atomic mass is 16.5. The topological polar surface area (TPSA) is 47.6 Å². The Morgan fingerprint density at radius 2 is 1.76 bits per heavy atom. The van der Waals surface area contributed by atoms with Crippen molar-refractivity contribution in [3.63, 3.8) is 0 Å². The van der Waals surface area contributed by atoms with Gasteiger partial charge in [0.05, 0.1) is 14.2 Å². The largest absolute Gasteiger partial charge is 0.497 e. The maximum Gasteiger partial charge on any atom is 0.251 e. The predicted octanol–water partition coefficient (Wildman–Crippen LogP) is 2.23. The highest BCUT2D eigenvalue weighted by molar-refractivity contribution is 5.95. The van der Waals surface area contributed by atoms with Crippen LogP contribution in [0.1, 0.15) is 30.6 Å². The summed E-state index contributed by atoms with van der Waals surface area (Å²) in [5, 5.41) is 2.90. The van der Waals surface area contributed by atoms with Crippen molar-refractivity contribution in [3.8, 4) is 11.5 Å². The van der Waals surface area contributed by atoms with Gasteiger partial charge in [-0.2, -0.15) is 0 Å². The van der Waals surface area contributed by atoms with Crippen LogP contribution >= 0.6 is 0 Å². The summed E-state index contributed by atoms with van der Waals surface area (Å²) in [5.41, 5.74) is 0.543. The molecule has 0 heterocycles. The second-order valence-electron chi connectivity index (χ2n) is 3.88. The molecule has 0 spiro atoms. The molecule has 0 aromatic heterocycles. The van der Waals surface area contributed by atoms with Crippen LogP contribution in [0.3, 0.4) is 0 Å². The number of benzene rings is 1. The minimum atomic E-state index is -0.114. The molecule has 0 aliphatic rings.